The fourth-order valence-electron chi connectivity index (χ4n) is 1.29. The van der Waals surface area contributed by atoms with Crippen LogP contribution >= 0.6 is 0 Å². The molecule has 0 aliphatic rings. The van der Waals surface area contributed by atoms with Crippen LogP contribution in [0.4, 0.5) is 0 Å². The predicted octanol–water partition coefficient (Wildman–Crippen LogP) is 2.03. The van der Waals surface area contributed by atoms with Crippen molar-refractivity contribution < 1.29 is 4.79 Å². The van der Waals surface area contributed by atoms with Crippen molar-refractivity contribution in [1.29, 1.82) is 0 Å². The van der Waals surface area contributed by atoms with Crippen LogP contribution in [0.25, 0.3) is 0 Å². The topological polar surface area (TPSA) is 38.1 Å². The maximum absolute atomic E-state index is 11.8. The highest BCUT2D eigenvalue weighted by molar-refractivity contribution is 6.05. The molecule has 0 amide bonds. The van der Waals surface area contributed by atoms with Crippen LogP contribution in [0.1, 0.15) is 35.9 Å². The molecular weight excluding hydrogens is 202 g/mol. The smallest absolute Gasteiger partial charge is 0.190 e. The third-order valence-electron chi connectivity index (χ3n) is 2.24. The zero-order valence-electron chi connectivity index (χ0n) is 10.6. The number of nitrogens with zero attached hydrogens (tertiary/aromatic N) is 3. The molecule has 0 fully saturated rings. The van der Waals surface area contributed by atoms with E-state index in [0.29, 0.717) is 5.56 Å². The van der Waals surface area contributed by atoms with Crippen molar-refractivity contribution in [3.63, 3.8) is 0 Å². The van der Waals surface area contributed by atoms with Gasteiger partial charge in [-0.2, -0.15) is 5.10 Å². The Morgan fingerprint density at radius 1 is 1.50 bits per heavy atom. The molecule has 1 aromatic rings. The Morgan fingerprint density at radius 2 is 2.12 bits per heavy atom. The van der Waals surface area contributed by atoms with E-state index in [1.165, 1.54) is 0 Å². The van der Waals surface area contributed by atoms with Gasteiger partial charge in [-0.1, -0.05) is 0 Å². The number of aromatic nitrogens is 2. The van der Waals surface area contributed by atoms with Gasteiger partial charge in [0.1, 0.15) is 0 Å². The number of carbonyl (C=O) groups is 1. The number of allylic oxidation sites excluding steroid dienone is 1. The minimum atomic E-state index is -0.00176. The summed E-state index contributed by atoms with van der Waals surface area (Å²) in [5.74, 6) is -0.00176. The van der Waals surface area contributed by atoms with Gasteiger partial charge in [-0.3, -0.25) is 9.48 Å². The van der Waals surface area contributed by atoms with E-state index < -0.39 is 0 Å². The number of hydrogen-bond donors (Lipinski definition) is 0. The van der Waals surface area contributed by atoms with Gasteiger partial charge >= 0.3 is 0 Å². The summed E-state index contributed by atoms with van der Waals surface area (Å²) >= 11 is 0. The molecular formula is C12H19N3O. The molecule has 4 heteroatoms. The van der Waals surface area contributed by atoms with Crippen molar-refractivity contribution in [1.82, 2.24) is 14.7 Å². The van der Waals surface area contributed by atoms with Crippen molar-refractivity contribution in [3.8, 4) is 0 Å². The first-order valence-corrected chi connectivity index (χ1v) is 5.36. The largest absolute Gasteiger partial charge is 0.383 e. The molecule has 0 bridgehead atoms. The normalized spacial score (nSPS) is 11.4. The summed E-state index contributed by atoms with van der Waals surface area (Å²) < 4.78 is 1.81. The molecule has 16 heavy (non-hydrogen) atoms. The van der Waals surface area contributed by atoms with Gasteiger partial charge in [0.05, 0.1) is 11.3 Å². The highest BCUT2D eigenvalue weighted by Gasteiger charge is 2.11. The Morgan fingerprint density at radius 3 is 2.56 bits per heavy atom. The third kappa shape index (κ3) is 2.95. The van der Waals surface area contributed by atoms with E-state index in [-0.39, 0.29) is 11.8 Å². The Kier molecular flexibility index (Phi) is 3.88. The van der Waals surface area contributed by atoms with Crippen LogP contribution in [0.15, 0.2) is 18.5 Å². The minimum absolute atomic E-state index is 0.00176. The molecule has 0 radical (unpaired) electrons. The Balaban J connectivity index is 2.92. The van der Waals surface area contributed by atoms with Crippen molar-refractivity contribution in [2.75, 3.05) is 14.1 Å². The van der Waals surface area contributed by atoms with Gasteiger partial charge in [0.2, 0.25) is 0 Å². The Bertz CT molecular complexity index is 402. The molecule has 0 aliphatic carbocycles. The molecule has 0 saturated carbocycles. The van der Waals surface area contributed by atoms with Gasteiger partial charge in [0, 0.05) is 38.6 Å². The molecule has 0 saturated heterocycles. The quantitative estimate of drug-likeness (QED) is 0.577. The molecule has 1 aromatic heterocycles. The highest BCUT2D eigenvalue weighted by atomic mass is 16.1. The van der Waals surface area contributed by atoms with E-state index >= 15 is 0 Å². The summed E-state index contributed by atoms with van der Waals surface area (Å²) in [7, 11) is 3.77. The Labute approximate surface area is 96.6 Å². The Hall–Kier alpha value is -1.58. The first-order valence-electron chi connectivity index (χ1n) is 5.36. The number of carbonyl (C=O) groups excluding carboxylic acids is 1. The lowest BCUT2D eigenvalue weighted by molar-refractivity contribution is 0.104. The molecule has 88 valence electrons. The second kappa shape index (κ2) is 4.96. The van der Waals surface area contributed by atoms with E-state index in [1.54, 1.807) is 12.3 Å². The highest BCUT2D eigenvalue weighted by Crippen LogP contribution is 2.11. The zero-order valence-corrected chi connectivity index (χ0v) is 10.6. The SMILES string of the molecule is Cc1nn(C(C)C)cc1C(=O)C=CN(C)C. The molecule has 4 nitrogen and oxygen atoms in total. The maximum atomic E-state index is 11.8. The first kappa shape index (κ1) is 12.5. The molecule has 1 rings (SSSR count). The molecule has 0 atom stereocenters. The summed E-state index contributed by atoms with van der Waals surface area (Å²) in [4.78, 5) is 13.7. The van der Waals surface area contributed by atoms with E-state index in [0.717, 1.165) is 5.69 Å². The number of aryl methyl sites for hydroxylation is 1. The van der Waals surface area contributed by atoms with Crippen molar-refractivity contribution in [2.45, 2.75) is 26.8 Å². The summed E-state index contributed by atoms with van der Waals surface area (Å²) in [5.41, 5.74) is 1.45. The fourth-order valence-corrected chi connectivity index (χ4v) is 1.29. The average molecular weight is 221 g/mol. The number of ketones is 1. The van der Waals surface area contributed by atoms with E-state index in [1.807, 2.05) is 50.6 Å². The van der Waals surface area contributed by atoms with Crippen LogP contribution in [0.2, 0.25) is 0 Å². The maximum Gasteiger partial charge on any atom is 0.190 e. The molecule has 0 aliphatic heterocycles. The molecule has 0 aromatic carbocycles. The van der Waals surface area contributed by atoms with E-state index in [4.69, 9.17) is 0 Å². The van der Waals surface area contributed by atoms with Gasteiger partial charge in [0.25, 0.3) is 0 Å². The molecule has 0 unspecified atom stereocenters. The van der Waals surface area contributed by atoms with Crippen LogP contribution in [-0.4, -0.2) is 34.6 Å². The van der Waals surface area contributed by atoms with Crippen molar-refractivity contribution in [3.05, 3.63) is 29.7 Å². The third-order valence-corrected chi connectivity index (χ3v) is 2.24. The number of rotatable bonds is 4. The summed E-state index contributed by atoms with van der Waals surface area (Å²) in [6.45, 7) is 5.93. The van der Waals surface area contributed by atoms with Gasteiger partial charge in [-0.05, 0) is 20.8 Å². The van der Waals surface area contributed by atoms with Crippen LogP contribution < -0.4 is 0 Å². The monoisotopic (exact) mass is 221 g/mol. The molecule has 0 N–H and O–H groups in total. The summed E-state index contributed by atoms with van der Waals surface area (Å²) in [6, 6.07) is 0.276. The first-order chi connectivity index (χ1) is 7.41. The van der Waals surface area contributed by atoms with Crippen molar-refractivity contribution >= 4 is 5.78 Å². The second-order valence-corrected chi connectivity index (χ2v) is 4.35. The van der Waals surface area contributed by atoms with Gasteiger partial charge < -0.3 is 4.90 Å². The average Bonchev–Trinajstić information content (AvgIpc) is 2.57. The van der Waals surface area contributed by atoms with E-state index in [2.05, 4.69) is 5.10 Å². The number of hydrogen-bond acceptors (Lipinski definition) is 3. The van der Waals surface area contributed by atoms with Crippen LogP contribution in [0, 0.1) is 6.92 Å². The molecule has 1 heterocycles. The lowest BCUT2D eigenvalue weighted by Gasteiger charge is -2.03. The minimum Gasteiger partial charge on any atom is -0.383 e. The molecule has 0 spiro atoms. The lowest BCUT2D eigenvalue weighted by atomic mass is 10.2. The summed E-state index contributed by atoms with van der Waals surface area (Å²) in [6.07, 6.45) is 5.12. The lowest BCUT2D eigenvalue weighted by Crippen LogP contribution is -2.03. The zero-order chi connectivity index (χ0) is 12.3. The fraction of sp³-hybridized carbons (Fsp3) is 0.500. The van der Waals surface area contributed by atoms with Crippen LogP contribution in [-0.2, 0) is 0 Å². The second-order valence-electron chi connectivity index (χ2n) is 4.35. The predicted molar refractivity (Wildman–Crippen MR) is 64.5 cm³/mol. The van der Waals surface area contributed by atoms with Gasteiger partial charge in [-0.25, -0.2) is 0 Å². The van der Waals surface area contributed by atoms with Crippen LogP contribution in [0.5, 0.6) is 0 Å². The van der Waals surface area contributed by atoms with Crippen LogP contribution in [0.3, 0.4) is 0 Å². The van der Waals surface area contributed by atoms with E-state index in [9.17, 15) is 4.79 Å². The van der Waals surface area contributed by atoms with Crippen molar-refractivity contribution in [2.24, 2.45) is 0 Å². The van der Waals surface area contributed by atoms with Gasteiger partial charge in [-0.15, -0.1) is 0 Å². The summed E-state index contributed by atoms with van der Waals surface area (Å²) in [5, 5.41) is 4.31. The standard InChI is InChI=1S/C12H19N3O/c1-9(2)15-8-11(10(3)13-15)12(16)6-7-14(4)5/h6-9H,1-5H3. The van der Waals surface area contributed by atoms with Gasteiger partial charge in [0.15, 0.2) is 5.78 Å².